The van der Waals surface area contributed by atoms with Gasteiger partial charge in [-0.2, -0.15) is 4.57 Å². The molecule has 0 saturated carbocycles. The summed E-state index contributed by atoms with van der Waals surface area (Å²) in [6.07, 6.45) is 0.958. The molecule has 7 aromatic rings. The number of para-hydroxylation sites is 1. The maximum atomic E-state index is 15.7. The highest BCUT2D eigenvalue weighted by molar-refractivity contribution is 6.14. The molecule has 0 aliphatic carbocycles. The molecule has 3 nitrogen and oxygen atoms in total. The fourth-order valence-corrected chi connectivity index (χ4v) is 5.50. The summed E-state index contributed by atoms with van der Waals surface area (Å²) in [5.74, 6) is -4.92. The van der Waals surface area contributed by atoms with Crippen LogP contribution in [0.2, 0.25) is 0 Å². The number of halogens is 2. The number of pyridine rings is 1. The summed E-state index contributed by atoms with van der Waals surface area (Å²) in [5, 5.41) is 3.03. The van der Waals surface area contributed by atoms with Crippen LogP contribution in [-0.2, 0) is 7.05 Å². The van der Waals surface area contributed by atoms with Crippen LogP contribution >= 0.6 is 0 Å². The summed E-state index contributed by atoms with van der Waals surface area (Å²) in [6, 6.07) is 20.7. The van der Waals surface area contributed by atoms with E-state index in [2.05, 4.69) is 0 Å². The van der Waals surface area contributed by atoms with Crippen LogP contribution in [0.1, 0.15) is 40.3 Å². The van der Waals surface area contributed by atoms with Crippen LogP contribution < -0.4 is 4.57 Å². The monoisotopic (exact) mass is 525 g/mol. The van der Waals surface area contributed by atoms with Gasteiger partial charge < -0.3 is 8.83 Å². The van der Waals surface area contributed by atoms with E-state index in [1.807, 2.05) is 36.4 Å². The first kappa shape index (κ1) is 17.2. The Bertz CT molecular complexity index is 2360. The first-order chi connectivity index (χ1) is 21.6. The molecule has 0 saturated heterocycles. The lowest BCUT2D eigenvalue weighted by molar-refractivity contribution is -0.662. The Morgan fingerprint density at radius 3 is 2.31 bits per heavy atom. The zero-order valence-corrected chi connectivity index (χ0v) is 21.0. The number of rotatable bonds is 3. The van der Waals surface area contributed by atoms with Crippen LogP contribution in [-0.4, -0.2) is 0 Å². The molecule has 0 N–H and O–H groups in total. The highest BCUT2D eigenvalue weighted by Crippen LogP contribution is 2.43. The molecule has 0 amide bonds. The molecule has 0 spiro atoms. The van der Waals surface area contributed by atoms with Crippen LogP contribution in [0.3, 0.4) is 0 Å². The summed E-state index contributed by atoms with van der Waals surface area (Å²) in [5.41, 5.74) is 3.05. The normalized spacial score (nSPS) is 15.6. The second-order valence-electron chi connectivity index (χ2n) is 9.75. The lowest BCUT2D eigenvalue weighted by Gasteiger charge is -2.10. The number of aryl methyl sites for hydroxylation is 2. The number of aromatic nitrogens is 1. The summed E-state index contributed by atoms with van der Waals surface area (Å²) >= 11 is 0. The molecule has 3 aromatic heterocycles. The van der Waals surface area contributed by atoms with Crippen molar-refractivity contribution >= 4 is 43.9 Å². The Morgan fingerprint density at radius 1 is 0.769 bits per heavy atom. The van der Waals surface area contributed by atoms with Crippen molar-refractivity contribution in [3.63, 3.8) is 0 Å². The van der Waals surface area contributed by atoms with Crippen molar-refractivity contribution in [1.29, 1.82) is 0 Å². The Balaban J connectivity index is 1.50. The average molecular weight is 526 g/mol. The number of nitrogens with zero attached hydrogens (tertiary/aromatic N) is 1. The molecule has 0 atom stereocenters. The lowest BCUT2D eigenvalue weighted by atomic mass is 9.96. The molecule has 0 unspecified atom stereocenters. The third-order valence-corrected chi connectivity index (χ3v) is 7.39. The van der Waals surface area contributed by atoms with Crippen molar-refractivity contribution in [1.82, 2.24) is 0 Å². The fraction of sp³-hybridized carbons (Fsp3) is 0.147. The minimum Gasteiger partial charge on any atom is -0.456 e. The van der Waals surface area contributed by atoms with Crippen molar-refractivity contribution in [2.24, 2.45) is 7.05 Å². The molecule has 0 aliphatic rings. The van der Waals surface area contributed by atoms with Crippen molar-refractivity contribution in [3.05, 3.63) is 102 Å². The Hall–Kier alpha value is -4.51. The van der Waals surface area contributed by atoms with Gasteiger partial charge in [-0.05, 0) is 54.3 Å². The van der Waals surface area contributed by atoms with Gasteiger partial charge in [-0.25, -0.2) is 8.78 Å². The molecular formula is C34H26F2NO2+. The van der Waals surface area contributed by atoms with E-state index in [0.717, 1.165) is 23.0 Å². The summed E-state index contributed by atoms with van der Waals surface area (Å²) in [6.45, 7) is -5.00. The minimum atomic E-state index is -3.38. The topological polar surface area (TPSA) is 30.2 Å². The van der Waals surface area contributed by atoms with E-state index >= 15 is 8.78 Å². The van der Waals surface area contributed by atoms with Crippen LogP contribution in [0.4, 0.5) is 8.78 Å². The maximum absolute atomic E-state index is 15.7. The largest absolute Gasteiger partial charge is 0.456 e. The number of benzene rings is 4. The number of hydrogen-bond acceptors (Lipinski definition) is 2. The molecule has 4 aromatic carbocycles. The Labute approximate surface area is 233 Å². The molecule has 0 fully saturated rings. The van der Waals surface area contributed by atoms with E-state index in [0.29, 0.717) is 44.2 Å². The van der Waals surface area contributed by atoms with E-state index in [1.54, 1.807) is 31.2 Å². The van der Waals surface area contributed by atoms with E-state index in [9.17, 15) is 0 Å². The SMILES string of the molecule is [2H]C([2H])([2H])C([2H])(c1cc(-c2c(C)ccc3c2oc2c(-c4ccc5c(c4)oc4ccccc45)c(F)ccc23)[n+](C)cc1F)C([2H])([2H])[2H]. The van der Waals surface area contributed by atoms with Crippen LogP contribution in [0.5, 0.6) is 0 Å². The standard InChI is InChI=1S/C34H26F2NO2/c1-18(2)25-16-28(37(4)17-27(25)36)31-19(3)9-11-23-24-13-14-26(35)32(34(24)39-33(23)31)20-10-12-22-21-7-5-6-8-29(21)38-30(22)15-20/h5-18H,1-4H3/q+1/i1D3,2D3,18D. The predicted molar refractivity (Wildman–Crippen MR) is 152 cm³/mol. The average Bonchev–Trinajstić information content (AvgIpc) is 3.53. The van der Waals surface area contributed by atoms with Gasteiger partial charge in [0.2, 0.25) is 11.9 Å². The molecule has 39 heavy (non-hydrogen) atoms. The summed E-state index contributed by atoms with van der Waals surface area (Å²) in [4.78, 5) is 0. The number of hydrogen-bond donors (Lipinski definition) is 0. The molecule has 0 radical (unpaired) electrons. The zero-order chi connectivity index (χ0) is 32.9. The number of furan rings is 2. The zero-order valence-electron chi connectivity index (χ0n) is 28.0. The second-order valence-corrected chi connectivity index (χ2v) is 9.75. The molecule has 0 bridgehead atoms. The van der Waals surface area contributed by atoms with Gasteiger partial charge in [0, 0.05) is 42.8 Å². The molecule has 7 rings (SSSR count). The van der Waals surface area contributed by atoms with E-state index in [4.69, 9.17) is 18.4 Å². The molecular weight excluding hydrogens is 492 g/mol. The number of fused-ring (bicyclic) bond motifs is 6. The predicted octanol–water partition coefficient (Wildman–Crippen LogP) is 9.35. The van der Waals surface area contributed by atoms with E-state index in [1.165, 1.54) is 17.7 Å². The van der Waals surface area contributed by atoms with Gasteiger partial charge in [0.1, 0.15) is 35.2 Å². The van der Waals surface area contributed by atoms with Gasteiger partial charge in [-0.15, -0.1) is 0 Å². The Morgan fingerprint density at radius 2 is 1.49 bits per heavy atom. The van der Waals surface area contributed by atoms with Gasteiger partial charge in [0.25, 0.3) is 0 Å². The molecule has 192 valence electrons. The quantitative estimate of drug-likeness (QED) is 0.215. The van der Waals surface area contributed by atoms with Crippen molar-refractivity contribution in [2.75, 3.05) is 0 Å². The minimum absolute atomic E-state index is 0.207. The van der Waals surface area contributed by atoms with Crippen LogP contribution in [0.25, 0.3) is 66.3 Å². The molecule has 5 heteroatoms. The third-order valence-electron chi connectivity index (χ3n) is 7.39. The fourth-order valence-electron chi connectivity index (χ4n) is 5.50. The van der Waals surface area contributed by atoms with Gasteiger partial charge in [-0.3, -0.25) is 0 Å². The van der Waals surface area contributed by atoms with Gasteiger partial charge >= 0.3 is 0 Å². The highest BCUT2D eigenvalue weighted by atomic mass is 19.1. The van der Waals surface area contributed by atoms with E-state index < -0.39 is 36.8 Å². The van der Waals surface area contributed by atoms with Gasteiger partial charge in [0.15, 0.2) is 5.82 Å². The van der Waals surface area contributed by atoms with Gasteiger partial charge in [0.05, 0.1) is 11.1 Å². The van der Waals surface area contributed by atoms with Crippen molar-refractivity contribution in [3.8, 4) is 22.4 Å². The first-order valence-corrected chi connectivity index (χ1v) is 12.4. The maximum Gasteiger partial charge on any atom is 0.216 e. The highest BCUT2D eigenvalue weighted by Gasteiger charge is 2.25. The van der Waals surface area contributed by atoms with Gasteiger partial charge in [-0.1, -0.05) is 50.1 Å². The molecule has 3 heterocycles. The van der Waals surface area contributed by atoms with Crippen LogP contribution in [0, 0.1) is 18.6 Å². The summed E-state index contributed by atoms with van der Waals surface area (Å²) < 4.78 is 101. The van der Waals surface area contributed by atoms with Crippen molar-refractivity contribution < 1.29 is 31.8 Å². The van der Waals surface area contributed by atoms with Crippen LogP contribution in [0.15, 0.2) is 87.8 Å². The molecule has 0 aliphatic heterocycles. The third kappa shape index (κ3) is 3.49. The first-order valence-electron chi connectivity index (χ1n) is 15.9. The second kappa shape index (κ2) is 8.50. The van der Waals surface area contributed by atoms with E-state index in [-0.39, 0.29) is 16.8 Å². The summed E-state index contributed by atoms with van der Waals surface area (Å²) in [7, 11) is 1.52. The lowest BCUT2D eigenvalue weighted by Crippen LogP contribution is -2.32. The Kier molecular flexibility index (Phi) is 3.74. The smallest absolute Gasteiger partial charge is 0.216 e. The van der Waals surface area contributed by atoms with Crippen molar-refractivity contribution in [2.45, 2.75) is 26.5 Å².